The molecule has 3 atom stereocenters. The minimum absolute atomic E-state index is 0.112. The summed E-state index contributed by atoms with van der Waals surface area (Å²) in [6, 6.07) is 0. The van der Waals surface area contributed by atoms with Crippen LogP contribution in [0.25, 0.3) is 11.2 Å². The van der Waals surface area contributed by atoms with E-state index >= 15 is 0 Å². The third kappa shape index (κ3) is 10.4. The number of terminal acetylenes is 1. The predicted octanol–water partition coefficient (Wildman–Crippen LogP) is 6.97. The van der Waals surface area contributed by atoms with E-state index in [-0.39, 0.29) is 42.9 Å². The molecule has 11 heteroatoms. The third-order valence-corrected chi connectivity index (χ3v) is 8.20. The van der Waals surface area contributed by atoms with Gasteiger partial charge in [0.1, 0.15) is 18.9 Å². The molecule has 1 aliphatic rings. The molecule has 10 nitrogen and oxygen atoms in total. The van der Waals surface area contributed by atoms with Gasteiger partial charge in [0.15, 0.2) is 17.0 Å². The lowest BCUT2D eigenvalue weighted by Crippen LogP contribution is -2.45. The van der Waals surface area contributed by atoms with E-state index in [1.807, 2.05) is 0 Å². The molecule has 2 aromatic rings. The molecule has 0 amide bonds. The highest BCUT2D eigenvalue weighted by Crippen LogP contribution is 2.40. The lowest BCUT2D eigenvalue weighted by molar-refractivity contribution is -0.166. The number of carbonyl (C=O) groups excluding carboxylic acids is 2. The maximum Gasteiger partial charge on any atom is 0.312 e. The van der Waals surface area contributed by atoms with Crippen LogP contribution in [0, 0.1) is 18.4 Å². The van der Waals surface area contributed by atoms with Crippen LogP contribution in [0.5, 0.6) is 0 Å². The van der Waals surface area contributed by atoms with Crippen molar-refractivity contribution in [2.75, 3.05) is 12.3 Å². The number of hydrogen-bond donors (Lipinski definition) is 1. The summed E-state index contributed by atoms with van der Waals surface area (Å²) in [7, 11) is 0. The number of carbonyl (C=O) groups is 2. The molecule has 0 radical (unpaired) electrons. The molecule has 2 N–H and O–H groups in total. The fraction of sp³-hybridized carbons (Fsp3) is 0.727. The van der Waals surface area contributed by atoms with Gasteiger partial charge in [0.05, 0.1) is 6.33 Å². The van der Waals surface area contributed by atoms with Gasteiger partial charge in [-0.15, -0.1) is 6.42 Å². The summed E-state index contributed by atoms with van der Waals surface area (Å²) >= 11 is 0. The second-order valence-electron chi connectivity index (χ2n) is 11.8. The van der Waals surface area contributed by atoms with Crippen LogP contribution in [0.3, 0.4) is 0 Å². The Labute approximate surface area is 261 Å². The second-order valence-corrected chi connectivity index (χ2v) is 11.8. The Hall–Kier alpha value is -3.26. The highest BCUT2D eigenvalue weighted by Gasteiger charge is 2.52. The quantitative estimate of drug-likeness (QED) is 0.0685. The highest BCUT2D eigenvalue weighted by molar-refractivity contribution is 5.81. The number of nitrogens with two attached hydrogens (primary N) is 1. The summed E-state index contributed by atoms with van der Waals surface area (Å²) in [5.74, 6) is 1.69. The fourth-order valence-corrected chi connectivity index (χ4v) is 5.58. The molecule has 2 aromatic heterocycles. The van der Waals surface area contributed by atoms with Gasteiger partial charge in [-0.2, -0.15) is 14.4 Å². The number of rotatable bonds is 21. The van der Waals surface area contributed by atoms with E-state index in [1.165, 1.54) is 62.3 Å². The van der Waals surface area contributed by atoms with Crippen LogP contribution in [0.2, 0.25) is 0 Å². The van der Waals surface area contributed by atoms with Gasteiger partial charge in [0, 0.05) is 19.3 Å². The lowest BCUT2D eigenvalue weighted by atomic mass is 9.98. The molecule has 0 aliphatic carbocycles. The Morgan fingerprint density at radius 3 is 2.16 bits per heavy atom. The summed E-state index contributed by atoms with van der Waals surface area (Å²) in [5, 5.41) is 0. The number of nitrogen functional groups attached to an aromatic ring is 1. The summed E-state index contributed by atoms with van der Waals surface area (Å²) in [5.41, 5.74) is 4.61. The van der Waals surface area contributed by atoms with Crippen molar-refractivity contribution in [2.45, 2.75) is 147 Å². The summed E-state index contributed by atoms with van der Waals surface area (Å²) < 4.78 is 33.2. The number of ether oxygens (including phenoxy) is 3. The zero-order valence-corrected chi connectivity index (χ0v) is 26.5. The van der Waals surface area contributed by atoms with Gasteiger partial charge in [-0.25, -0.2) is 4.98 Å². The van der Waals surface area contributed by atoms with Crippen LogP contribution in [-0.2, 0) is 23.8 Å². The second kappa shape index (κ2) is 18.5. The van der Waals surface area contributed by atoms with Crippen molar-refractivity contribution >= 4 is 28.9 Å². The molecule has 0 spiro atoms. The van der Waals surface area contributed by atoms with E-state index in [1.54, 1.807) is 0 Å². The van der Waals surface area contributed by atoms with Gasteiger partial charge in [-0.3, -0.25) is 14.2 Å². The van der Waals surface area contributed by atoms with E-state index in [0.717, 1.165) is 32.1 Å². The Morgan fingerprint density at radius 2 is 1.55 bits per heavy atom. The largest absolute Gasteiger partial charge is 0.461 e. The van der Waals surface area contributed by atoms with Crippen molar-refractivity contribution in [3.63, 3.8) is 0 Å². The van der Waals surface area contributed by atoms with Gasteiger partial charge >= 0.3 is 18.0 Å². The standard InChI is InChI=1S/C33H50FN5O5/c1-4-7-9-11-12-13-14-15-16-17-19-21-28(41)43-25-22-26(39-24-36-29-30(35)37-32(34)38-31(29)39)44-33(25,6-3)23-42-27(40)20-18-10-8-5-2/h3,24-26H,4-5,7-23H2,1-2H3,(H2,35,37,38). The van der Waals surface area contributed by atoms with E-state index < -0.39 is 35.9 Å². The van der Waals surface area contributed by atoms with Gasteiger partial charge in [0.2, 0.25) is 5.60 Å². The van der Waals surface area contributed by atoms with Crippen LogP contribution >= 0.6 is 0 Å². The number of esters is 2. The number of hydrogen-bond acceptors (Lipinski definition) is 9. The molecule has 0 aromatic carbocycles. The Balaban J connectivity index is 1.59. The molecule has 0 saturated carbocycles. The number of aromatic nitrogens is 4. The molecule has 44 heavy (non-hydrogen) atoms. The molecule has 3 rings (SSSR count). The monoisotopic (exact) mass is 615 g/mol. The van der Waals surface area contributed by atoms with Gasteiger partial charge in [-0.05, 0) is 12.8 Å². The molecule has 1 aliphatic heterocycles. The van der Waals surface area contributed by atoms with Crippen molar-refractivity contribution in [2.24, 2.45) is 0 Å². The molecule has 0 bridgehead atoms. The van der Waals surface area contributed by atoms with Crippen LogP contribution in [-0.4, -0.2) is 49.8 Å². The van der Waals surface area contributed by atoms with Gasteiger partial charge in [-0.1, -0.05) is 103 Å². The Kier molecular flexibility index (Phi) is 14.8. The Morgan fingerprint density at radius 1 is 0.977 bits per heavy atom. The van der Waals surface area contributed by atoms with Crippen LogP contribution in [0.4, 0.5) is 10.2 Å². The van der Waals surface area contributed by atoms with Crippen molar-refractivity contribution in [1.29, 1.82) is 0 Å². The third-order valence-electron chi connectivity index (χ3n) is 8.20. The SMILES string of the molecule is C#CC1(COC(=O)CCCCCC)OC(n2cnc3c(N)nc(F)nc32)CC1OC(=O)CCCCCCCCCCCCC. The topological polar surface area (TPSA) is 131 Å². The first-order chi connectivity index (χ1) is 21.3. The van der Waals surface area contributed by atoms with Crippen molar-refractivity contribution in [3.05, 3.63) is 12.4 Å². The molecule has 3 heterocycles. The van der Waals surface area contributed by atoms with Crippen molar-refractivity contribution in [1.82, 2.24) is 19.5 Å². The number of nitrogens with zero attached hydrogens (tertiary/aromatic N) is 4. The van der Waals surface area contributed by atoms with Crippen LogP contribution < -0.4 is 5.73 Å². The molecule has 3 unspecified atom stereocenters. The number of halogens is 1. The van der Waals surface area contributed by atoms with Crippen molar-refractivity contribution < 1.29 is 28.2 Å². The average molecular weight is 616 g/mol. The number of unbranched alkanes of at least 4 members (excludes halogenated alkanes) is 13. The maximum absolute atomic E-state index is 14.0. The summed E-state index contributed by atoms with van der Waals surface area (Å²) in [4.78, 5) is 37.0. The molecule has 244 valence electrons. The first-order valence-corrected chi connectivity index (χ1v) is 16.5. The van der Waals surface area contributed by atoms with Crippen LogP contribution in [0.1, 0.15) is 136 Å². The van der Waals surface area contributed by atoms with E-state index in [9.17, 15) is 14.0 Å². The first-order valence-electron chi connectivity index (χ1n) is 16.5. The normalized spacial score (nSPS) is 19.7. The van der Waals surface area contributed by atoms with E-state index in [0.29, 0.717) is 12.8 Å². The van der Waals surface area contributed by atoms with Crippen molar-refractivity contribution in [3.8, 4) is 12.3 Å². The van der Waals surface area contributed by atoms with E-state index in [2.05, 4.69) is 34.7 Å². The Bertz CT molecular complexity index is 1230. The molecular formula is C33H50FN5O5. The first kappa shape index (κ1) is 35.2. The highest BCUT2D eigenvalue weighted by atomic mass is 19.1. The zero-order valence-electron chi connectivity index (χ0n) is 26.5. The number of fused-ring (bicyclic) bond motifs is 1. The molecule has 1 saturated heterocycles. The van der Waals surface area contributed by atoms with E-state index in [4.69, 9.17) is 26.4 Å². The number of imidazole rings is 1. The summed E-state index contributed by atoms with van der Waals surface area (Å²) in [6.45, 7) is 4.04. The summed E-state index contributed by atoms with van der Waals surface area (Å²) in [6.07, 6.45) is 21.9. The average Bonchev–Trinajstić information content (AvgIpc) is 3.59. The number of anilines is 1. The minimum Gasteiger partial charge on any atom is -0.461 e. The van der Waals surface area contributed by atoms with Crippen LogP contribution in [0.15, 0.2) is 6.33 Å². The van der Waals surface area contributed by atoms with Gasteiger partial charge in [0.25, 0.3) is 0 Å². The minimum atomic E-state index is -1.54. The molecular weight excluding hydrogens is 565 g/mol. The van der Waals surface area contributed by atoms with Gasteiger partial charge < -0.3 is 19.9 Å². The zero-order chi connectivity index (χ0) is 31.8. The fourth-order valence-electron chi connectivity index (χ4n) is 5.58. The lowest BCUT2D eigenvalue weighted by Gasteiger charge is -2.28. The maximum atomic E-state index is 14.0. The smallest absolute Gasteiger partial charge is 0.312 e. The molecule has 1 fully saturated rings. The predicted molar refractivity (Wildman–Crippen MR) is 167 cm³/mol.